The number of carbonyl (C=O) groups is 1. The number of rotatable bonds is 6. The van der Waals surface area contributed by atoms with Crippen molar-refractivity contribution in [3.63, 3.8) is 0 Å². The molecule has 2 aliphatic rings. The first-order valence-electron chi connectivity index (χ1n) is 11.1. The van der Waals surface area contributed by atoms with E-state index in [9.17, 15) is 4.79 Å². The molecule has 2 amide bonds. The van der Waals surface area contributed by atoms with Crippen molar-refractivity contribution in [3.05, 3.63) is 48.0 Å². The number of likely N-dealkylation sites (N-methyl/N-ethyl adjacent to an activating group) is 1. The second-order valence-electron chi connectivity index (χ2n) is 8.77. The number of methoxy groups -OCH3 is 3. The van der Waals surface area contributed by atoms with Gasteiger partial charge in [-0.15, -0.1) is 0 Å². The van der Waals surface area contributed by atoms with Gasteiger partial charge in [-0.05, 0) is 81.2 Å². The molecule has 0 radical (unpaired) electrons. The molecule has 0 spiro atoms. The zero-order valence-electron chi connectivity index (χ0n) is 19.3. The van der Waals surface area contributed by atoms with Crippen LogP contribution in [0.2, 0.25) is 0 Å². The molecule has 2 N–H and O–H groups in total. The van der Waals surface area contributed by atoms with Gasteiger partial charge in [0.2, 0.25) is 0 Å². The summed E-state index contributed by atoms with van der Waals surface area (Å²) in [6.07, 6.45) is 3.98. The van der Waals surface area contributed by atoms with E-state index in [-0.39, 0.29) is 17.5 Å². The van der Waals surface area contributed by atoms with E-state index in [1.807, 2.05) is 30.3 Å². The number of ether oxygens (including phenoxy) is 3. The lowest BCUT2D eigenvalue weighted by Crippen LogP contribution is -2.52. The van der Waals surface area contributed by atoms with Gasteiger partial charge >= 0.3 is 6.03 Å². The van der Waals surface area contributed by atoms with Gasteiger partial charge in [-0.3, -0.25) is 0 Å². The molecule has 7 nitrogen and oxygen atoms in total. The third-order valence-corrected chi connectivity index (χ3v) is 7.17. The zero-order chi connectivity index (χ0) is 22.7. The molecule has 32 heavy (non-hydrogen) atoms. The van der Waals surface area contributed by atoms with Crippen LogP contribution in [-0.4, -0.2) is 57.9 Å². The van der Waals surface area contributed by atoms with E-state index in [0.29, 0.717) is 6.04 Å². The Labute approximate surface area is 190 Å². The number of nitrogens with zero attached hydrogens (tertiary/aromatic N) is 1. The highest BCUT2D eigenvalue weighted by Gasteiger charge is 2.50. The quantitative estimate of drug-likeness (QED) is 0.711. The Balaban J connectivity index is 1.45. The Morgan fingerprint density at radius 2 is 1.75 bits per heavy atom. The fourth-order valence-electron chi connectivity index (χ4n) is 5.42. The van der Waals surface area contributed by atoms with Gasteiger partial charge in [0.15, 0.2) is 11.5 Å². The molecule has 2 aromatic carbocycles. The van der Waals surface area contributed by atoms with Gasteiger partial charge in [0.25, 0.3) is 0 Å². The number of carbonyl (C=O) groups excluding carboxylic acids is 1. The molecule has 1 saturated carbocycles. The summed E-state index contributed by atoms with van der Waals surface area (Å²) in [5.41, 5.74) is 2.11. The van der Waals surface area contributed by atoms with Crippen molar-refractivity contribution in [2.75, 3.05) is 40.2 Å². The van der Waals surface area contributed by atoms with E-state index >= 15 is 0 Å². The monoisotopic (exact) mass is 439 g/mol. The van der Waals surface area contributed by atoms with Gasteiger partial charge in [-0.1, -0.05) is 6.07 Å². The maximum Gasteiger partial charge on any atom is 0.319 e. The van der Waals surface area contributed by atoms with Crippen molar-refractivity contribution in [2.24, 2.45) is 0 Å². The summed E-state index contributed by atoms with van der Waals surface area (Å²) >= 11 is 0. The number of fused-ring (bicyclic) bond motifs is 1. The zero-order valence-corrected chi connectivity index (χ0v) is 19.3. The van der Waals surface area contributed by atoms with E-state index in [1.54, 1.807) is 21.3 Å². The minimum absolute atomic E-state index is 0.0684. The summed E-state index contributed by atoms with van der Waals surface area (Å²) in [6.45, 7) is 1.05. The summed E-state index contributed by atoms with van der Waals surface area (Å²) in [4.78, 5) is 15.1. The first kappa shape index (κ1) is 22.3. The molecule has 1 aliphatic carbocycles. The summed E-state index contributed by atoms with van der Waals surface area (Å²) in [7, 11) is 7.16. The van der Waals surface area contributed by atoms with Crippen molar-refractivity contribution in [1.82, 2.24) is 10.2 Å². The highest BCUT2D eigenvalue weighted by Crippen LogP contribution is 2.49. The van der Waals surface area contributed by atoms with Crippen molar-refractivity contribution in [1.29, 1.82) is 0 Å². The van der Waals surface area contributed by atoms with Crippen molar-refractivity contribution in [2.45, 2.75) is 43.2 Å². The third-order valence-electron chi connectivity index (χ3n) is 7.17. The van der Waals surface area contributed by atoms with Crippen LogP contribution < -0.4 is 24.8 Å². The smallest absolute Gasteiger partial charge is 0.319 e. The summed E-state index contributed by atoms with van der Waals surface area (Å²) in [6, 6.07) is 14.0. The number of hydrogen-bond donors (Lipinski definition) is 2. The number of amides is 2. The van der Waals surface area contributed by atoms with Crippen LogP contribution in [0.4, 0.5) is 10.5 Å². The van der Waals surface area contributed by atoms with Crippen LogP contribution in [0, 0.1) is 0 Å². The Kier molecular flexibility index (Phi) is 6.46. The van der Waals surface area contributed by atoms with Crippen LogP contribution >= 0.6 is 0 Å². The van der Waals surface area contributed by atoms with E-state index in [1.165, 1.54) is 5.56 Å². The topological polar surface area (TPSA) is 72.1 Å². The molecule has 4 rings (SSSR count). The highest BCUT2D eigenvalue weighted by molar-refractivity contribution is 5.89. The van der Waals surface area contributed by atoms with Gasteiger partial charge in [0, 0.05) is 23.2 Å². The van der Waals surface area contributed by atoms with Crippen LogP contribution in [0.3, 0.4) is 0 Å². The Morgan fingerprint density at radius 3 is 2.44 bits per heavy atom. The second-order valence-corrected chi connectivity index (χ2v) is 8.77. The highest BCUT2D eigenvalue weighted by atomic mass is 16.5. The van der Waals surface area contributed by atoms with Gasteiger partial charge in [-0.2, -0.15) is 0 Å². The van der Waals surface area contributed by atoms with Crippen LogP contribution in [0.25, 0.3) is 0 Å². The molecule has 0 bridgehead atoms. The lowest BCUT2D eigenvalue weighted by Gasteiger charge is -2.45. The maximum atomic E-state index is 12.6. The van der Waals surface area contributed by atoms with Gasteiger partial charge in [0.1, 0.15) is 5.75 Å². The molecule has 3 atom stereocenters. The van der Waals surface area contributed by atoms with Gasteiger partial charge < -0.3 is 29.7 Å². The molecule has 0 unspecified atom stereocenters. The number of benzene rings is 2. The molecular formula is C25H33N3O4. The lowest BCUT2D eigenvalue weighted by atomic mass is 9.65. The number of likely N-dealkylation sites (tertiary alicyclic amines) is 1. The van der Waals surface area contributed by atoms with Crippen molar-refractivity contribution >= 4 is 11.7 Å². The van der Waals surface area contributed by atoms with Crippen molar-refractivity contribution < 1.29 is 19.0 Å². The number of urea groups is 1. The first-order valence-corrected chi connectivity index (χ1v) is 11.1. The van der Waals surface area contributed by atoms with Crippen molar-refractivity contribution in [3.8, 4) is 17.2 Å². The molecule has 1 aliphatic heterocycles. The number of hydrogen-bond acceptors (Lipinski definition) is 5. The fourth-order valence-corrected chi connectivity index (χ4v) is 5.42. The number of nitrogens with one attached hydrogen (secondary N) is 2. The average Bonchev–Trinajstić information content (AvgIpc) is 3.16. The second kappa shape index (κ2) is 9.28. The lowest BCUT2D eigenvalue weighted by molar-refractivity contribution is 0.156. The van der Waals surface area contributed by atoms with Crippen LogP contribution in [0.5, 0.6) is 17.2 Å². The minimum atomic E-state index is -0.167. The number of anilines is 1. The van der Waals surface area contributed by atoms with E-state index < -0.39 is 0 Å². The molecule has 2 aromatic rings. The molecule has 1 heterocycles. The first-order chi connectivity index (χ1) is 15.5. The molecule has 172 valence electrons. The van der Waals surface area contributed by atoms with Gasteiger partial charge in [0.05, 0.1) is 21.3 Å². The Morgan fingerprint density at radius 1 is 1.00 bits per heavy atom. The molecule has 2 fully saturated rings. The third kappa shape index (κ3) is 4.21. The molecule has 7 heteroatoms. The summed E-state index contributed by atoms with van der Waals surface area (Å²) in [5, 5.41) is 6.12. The van der Waals surface area contributed by atoms with Gasteiger partial charge in [-0.25, -0.2) is 4.79 Å². The van der Waals surface area contributed by atoms with E-state index in [2.05, 4.69) is 34.7 Å². The summed E-state index contributed by atoms with van der Waals surface area (Å²) < 4.78 is 16.2. The normalized spacial score (nSPS) is 25.0. The fraction of sp³-hybridized carbons (Fsp3) is 0.480. The Hall–Kier alpha value is -2.93. The predicted molar refractivity (Wildman–Crippen MR) is 125 cm³/mol. The Bertz CT molecular complexity index is 949. The van der Waals surface area contributed by atoms with E-state index in [0.717, 1.165) is 55.2 Å². The van der Waals surface area contributed by atoms with Crippen LogP contribution in [0.15, 0.2) is 42.5 Å². The summed E-state index contributed by atoms with van der Waals surface area (Å²) in [5.74, 6) is 2.28. The van der Waals surface area contributed by atoms with Crippen LogP contribution in [0.1, 0.15) is 31.2 Å². The van der Waals surface area contributed by atoms with Crippen LogP contribution in [-0.2, 0) is 5.41 Å². The molecule has 1 saturated heterocycles. The molecular weight excluding hydrogens is 406 g/mol. The SMILES string of the molecule is COc1ccc(NC(=O)N[C@H]2CC[C@@]3(c4ccc(OC)c(OC)c4)CCN(C)[C@@H]3C2)cc1. The maximum absolute atomic E-state index is 12.6. The predicted octanol–water partition coefficient (Wildman–Crippen LogP) is 4.03. The standard InChI is InChI=1S/C25H33N3O4/c1-28-14-13-25(17-5-10-21(31-3)22(15-17)32-4)12-11-19(16-23(25)28)27-24(29)26-18-6-8-20(30-2)9-7-18/h5-10,15,19,23H,11-14,16H2,1-4H3,(H2,26,27,29)/t19-,23+,25-/m0/s1. The average molecular weight is 440 g/mol. The largest absolute Gasteiger partial charge is 0.497 e. The minimum Gasteiger partial charge on any atom is -0.497 e. The van der Waals surface area contributed by atoms with E-state index in [4.69, 9.17) is 14.2 Å². The molecule has 0 aromatic heterocycles.